The van der Waals surface area contributed by atoms with Gasteiger partial charge in [0.2, 0.25) is 5.95 Å². The number of nitrogens with zero attached hydrogens (tertiary/aromatic N) is 5. The molecule has 4 heterocycles. The fourth-order valence-corrected chi connectivity index (χ4v) is 3.30. The van der Waals surface area contributed by atoms with Crippen molar-refractivity contribution in [2.45, 2.75) is 24.5 Å². The van der Waals surface area contributed by atoms with E-state index < -0.39 is 5.82 Å². The summed E-state index contributed by atoms with van der Waals surface area (Å²) >= 11 is 0. The second-order valence-electron chi connectivity index (χ2n) is 6.00. The van der Waals surface area contributed by atoms with Gasteiger partial charge in [-0.3, -0.25) is 0 Å². The van der Waals surface area contributed by atoms with E-state index in [4.69, 9.17) is 4.74 Å². The molecule has 2 aliphatic heterocycles. The van der Waals surface area contributed by atoms with Gasteiger partial charge in [0.1, 0.15) is 12.1 Å². The third-order valence-corrected chi connectivity index (χ3v) is 4.37. The summed E-state index contributed by atoms with van der Waals surface area (Å²) in [5.41, 5.74) is -0.164. The molecular weight excluding hydrogens is 299 g/mol. The Labute approximate surface area is 132 Å². The van der Waals surface area contributed by atoms with Crippen LogP contribution in [-0.2, 0) is 4.74 Å². The third kappa shape index (κ3) is 2.94. The first kappa shape index (κ1) is 14.3. The zero-order valence-electron chi connectivity index (χ0n) is 12.5. The molecule has 120 valence electrons. The van der Waals surface area contributed by atoms with Crippen molar-refractivity contribution in [2.24, 2.45) is 0 Å². The number of nitrogens with one attached hydrogen (secondary N) is 1. The maximum Gasteiger partial charge on any atom is 0.223 e. The molecule has 2 aromatic heterocycles. The van der Waals surface area contributed by atoms with E-state index in [1.54, 1.807) is 12.5 Å². The summed E-state index contributed by atoms with van der Waals surface area (Å²) in [5, 5.41) is 3.22. The van der Waals surface area contributed by atoms with Crippen molar-refractivity contribution >= 4 is 11.8 Å². The van der Waals surface area contributed by atoms with Gasteiger partial charge in [-0.2, -0.15) is 0 Å². The van der Waals surface area contributed by atoms with Crippen LogP contribution in [-0.4, -0.2) is 51.3 Å². The fraction of sp³-hybridized carbons (Fsp3) is 0.467. The number of anilines is 2. The molecule has 2 fully saturated rings. The highest BCUT2D eigenvalue weighted by Gasteiger charge is 2.46. The summed E-state index contributed by atoms with van der Waals surface area (Å²) in [7, 11) is 0. The van der Waals surface area contributed by atoms with Gasteiger partial charge < -0.3 is 15.0 Å². The smallest absolute Gasteiger partial charge is 0.223 e. The van der Waals surface area contributed by atoms with E-state index in [9.17, 15) is 4.39 Å². The number of hydrogen-bond acceptors (Lipinski definition) is 7. The lowest BCUT2D eigenvalue weighted by molar-refractivity contribution is 0.0228. The molecule has 8 heteroatoms. The molecule has 2 aromatic rings. The minimum Gasteiger partial charge on any atom is -0.371 e. The number of halogens is 1. The molecule has 23 heavy (non-hydrogen) atoms. The van der Waals surface area contributed by atoms with Gasteiger partial charge in [-0.15, -0.1) is 0 Å². The van der Waals surface area contributed by atoms with Gasteiger partial charge in [-0.25, -0.2) is 24.3 Å². The molecule has 0 aliphatic carbocycles. The molecule has 1 spiro atoms. The minimum absolute atomic E-state index is 0.130. The first-order valence-corrected chi connectivity index (χ1v) is 7.61. The van der Waals surface area contributed by atoms with E-state index >= 15 is 0 Å². The maximum absolute atomic E-state index is 12.9. The van der Waals surface area contributed by atoms with Crippen LogP contribution in [0.3, 0.4) is 0 Å². The van der Waals surface area contributed by atoms with E-state index in [1.165, 1.54) is 0 Å². The summed E-state index contributed by atoms with van der Waals surface area (Å²) < 4.78 is 18.9. The standard InChI is InChI=1S/C15H17FN6O/c16-11-6-18-14(19-7-11)21-12-5-15(23-8-12)2-4-22(9-15)13-1-3-17-10-20-13/h1,3,6-7,10,12H,2,4-5,8-9H2,(H,18,19,21). The molecule has 4 rings (SSSR count). The van der Waals surface area contributed by atoms with E-state index in [0.717, 1.165) is 44.1 Å². The Kier molecular flexibility index (Phi) is 3.53. The molecule has 2 unspecified atom stereocenters. The Hall–Kier alpha value is -2.35. The second-order valence-corrected chi connectivity index (χ2v) is 6.00. The lowest BCUT2D eigenvalue weighted by Crippen LogP contribution is -2.34. The molecule has 0 bridgehead atoms. The van der Waals surface area contributed by atoms with Crippen molar-refractivity contribution in [1.82, 2.24) is 19.9 Å². The molecular formula is C15H17FN6O. The van der Waals surface area contributed by atoms with Gasteiger partial charge in [-0.05, 0) is 12.5 Å². The van der Waals surface area contributed by atoms with Crippen molar-refractivity contribution in [3.8, 4) is 0 Å². The van der Waals surface area contributed by atoms with Crippen molar-refractivity contribution < 1.29 is 9.13 Å². The molecule has 0 amide bonds. The van der Waals surface area contributed by atoms with Crippen molar-refractivity contribution in [1.29, 1.82) is 0 Å². The van der Waals surface area contributed by atoms with E-state index in [2.05, 4.69) is 30.2 Å². The highest BCUT2D eigenvalue weighted by Crippen LogP contribution is 2.37. The zero-order valence-corrected chi connectivity index (χ0v) is 12.5. The van der Waals surface area contributed by atoms with Crippen molar-refractivity contribution in [2.75, 3.05) is 29.9 Å². The van der Waals surface area contributed by atoms with Gasteiger partial charge in [0.25, 0.3) is 0 Å². The van der Waals surface area contributed by atoms with Crippen LogP contribution in [0.15, 0.2) is 31.0 Å². The van der Waals surface area contributed by atoms with Crippen LogP contribution >= 0.6 is 0 Å². The first-order chi connectivity index (χ1) is 11.2. The summed E-state index contributed by atoms with van der Waals surface area (Å²) in [6.07, 6.45) is 7.46. The average molecular weight is 316 g/mol. The molecule has 1 N–H and O–H groups in total. The topological polar surface area (TPSA) is 76.1 Å². The van der Waals surface area contributed by atoms with E-state index in [0.29, 0.717) is 12.6 Å². The predicted molar refractivity (Wildman–Crippen MR) is 81.6 cm³/mol. The van der Waals surface area contributed by atoms with Gasteiger partial charge in [-0.1, -0.05) is 0 Å². The number of aromatic nitrogens is 4. The highest BCUT2D eigenvalue weighted by molar-refractivity contribution is 5.40. The lowest BCUT2D eigenvalue weighted by atomic mass is 9.97. The fourth-order valence-electron chi connectivity index (χ4n) is 3.30. The van der Waals surface area contributed by atoms with Crippen LogP contribution in [0.1, 0.15) is 12.8 Å². The van der Waals surface area contributed by atoms with Gasteiger partial charge in [0, 0.05) is 25.7 Å². The van der Waals surface area contributed by atoms with Crippen molar-refractivity contribution in [3.05, 3.63) is 36.8 Å². The monoisotopic (exact) mass is 316 g/mol. The molecule has 7 nitrogen and oxygen atoms in total. The number of rotatable bonds is 3. The molecule has 0 aromatic carbocycles. The number of ether oxygens (including phenoxy) is 1. The lowest BCUT2D eigenvalue weighted by Gasteiger charge is -2.23. The minimum atomic E-state index is -0.439. The molecule has 0 radical (unpaired) electrons. The highest BCUT2D eigenvalue weighted by atomic mass is 19.1. The zero-order chi connectivity index (χ0) is 15.7. The van der Waals surface area contributed by atoms with Gasteiger partial charge in [0.05, 0.1) is 30.6 Å². The largest absolute Gasteiger partial charge is 0.371 e. The Balaban J connectivity index is 1.39. The van der Waals surface area contributed by atoms with Crippen LogP contribution < -0.4 is 10.2 Å². The van der Waals surface area contributed by atoms with Crippen LogP contribution in [0.4, 0.5) is 16.2 Å². The summed E-state index contributed by atoms with van der Waals surface area (Å²) in [4.78, 5) is 18.3. The van der Waals surface area contributed by atoms with E-state index in [1.807, 2.05) is 6.07 Å². The average Bonchev–Trinajstić information content (AvgIpc) is 3.18. The van der Waals surface area contributed by atoms with Gasteiger partial charge >= 0.3 is 0 Å². The normalized spacial score (nSPS) is 26.8. The maximum atomic E-state index is 12.9. The molecule has 2 atom stereocenters. The molecule has 2 aliphatic rings. The Morgan fingerprint density at radius 3 is 2.96 bits per heavy atom. The third-order valence-electron chi connectivity index (χ3n) is 4.37. The van der Waals surface area contributed by atoms with Gasteiger partial charge in [0.15, 0.2) is 5.82 Å². The second kappa shape index (κ2) is 5.69. The SMILES string of the molecule is Fc1cnc(NC2COC3(CCN(c4ccncn4)C3)C2)nc1. The van der Waals surface area contributed by atoms with Crippen LogP contribution in [0, 0.1) is 5.82 Å². The van der Waals surface area contributed by atoms with Crippen LogP contribution in [0.2, 0.25) is 0 Å². The van der Waals surface area contributed by atoms with Crippen molar-refractivity contribution in [3.63, 3.8) is 0 Å². The Morgan fingerprint density at radius 2 is 2.17 bits per heavy atom. The summed E-state index contributed by atoms with van der Waals surface area (Å²) in [6, 6.07) is 2.04. The summed E-state index contributed by atoms with van der Waals surface area (Å²) in [5.74, 6) is 0.924. The molecule has 0 saturated carbocycles. The Morgan fingerprint density at radius 1 is 1.30 bits per heavy atom. The molecule has 2 saturated heterocycles. The number of hydrogen-bond donors (Lipinski definition) is 1. The van der Waals surface area contributed by atoms with E-state index in [-0.39, 0.29) is 11.6 Å². The predicted octanol–water partition coefficient (Wildman–Crippen LogP) is 1.26. The van der Waals surface area contributed by atoms with Crippen LogP contribution in [0.5, 0.6) is 0 Å². The van der Waals surface area contributed by atoms with Crippen LogP contribution in [0.25, 0.3) is 0 Å². The Bertz CT molecular complexity index is 669. The first-order valence-electron chi connectivity index (χ1n) is 7.61. The summed E-state index contributed by atoms with van der Waals surface area (Å²) in [6.45, 7) is 2.32. The quantitative estimate of drug-likeness (QED) is 0.913.